The van der Waals surface area contributed by atoms with Crippen LogP contribution in [-0.2, 0) is 85.5 Å². The number of carbonyl (C=O) groups is 4. The number of hydrogen-bond acceptors (Lipinski definition) is 27. The molecule has 4 amide bonds. The number of aliphatic hydroxyl groups excluding tert-OH is 9. The van der Waals surface area contributed by atoms with E-state index >= 15 is 0 Å². The van der Waals surface area contributed by atoms with E-state index in [1.54, 1.807) is 13.8 Å². The maximum absolute atomic E-state index is 13.2. The van der Waals surface area contributed by atoms with Crippen LogP contribution in [0.1, 0.15) is 47.0 Å². The number of rotatable bonds is 37. The van der Waals surface area contributed by atoms with E-state index in [2.05, 4.69) is 21.3 Å². The van der Waals surface area contributed by atoms with Gasteiger partial charge >= 0.3 is 0 Å². The molecule has 81 heavy (non-hydrogen) atoms. The van der Waals surface area contributed by atoms with Crippen molar-refractivity contribution in [3.05, 3.63) is 0 Å². The third kappa shape index (κ3) is 22.7. The monoisotopic (exact) mass is 1180 g/mol. The first-order valence-electron chi connectivity index (χ1n) is 27.3. The maximum Gasteiger partial charge on any atom is 0.252 e. The van der Waals surface area contributed by atoms with Crippen molar-refractivity contribution in [3.8, 4) is 0 Å². The average Bonchev–Trinajstić information content (AvgIpc) is 3.57. The zero-order valence-corrected chi connectivity index (χ0v) is 46.9. The molecule has 4 saturated heterocycles. The van der Waals surface area contributed by atoms with E-state index in [1.165, 1.54) is 28.1 Å². The standard InChI is InChI=1S/C50H90N4O27/c1-26-36(53-28(3)57)43(38(61)34(20-55)76-26)79-49-40(63)32(68-5)19-33(78-49)47(66)51-9-13-70-15-17-74-24-30(59)22-72-11-7-8-12-73-23-31(60)25-75-18-16-71-14-10-52-48(67)46-45(69-6)41(64)42(65)50(81-46)80-44-37(54-29(4)58)27(2)77-35(21-56)39(44)62/h26-27,30-46,49-50,55-56,59-65H,7-25H2,1-6H3,(H,51,66)(H,52,67)(H,53,57)(H,54,58)/t26-,27-,30?,31?,32-,33?,34?,35?,36?,37?,38+,39+,40?,41+,42?,43+,44+,45-,46?,49-,50+/m0/s1. The Morgan fingerprint density at radius 3 is 1.38 bits per heavy atom. The van der Waals surface area contributed by atoms with Gasteiger partial charge in [0.15, 0.2) is 18.7 Å². The first kappa shape index (κ1) is 70.4. The minimum Gasteiger partial charge on any atom is -0.394 e. The van der Waals surface area contributed by atoms with Gasteiger partial charge in [0.1, 0.15) is 79.4 Å². The highest BCUT2D eigenvalue weighted by Crippen LogP contribution is 2.32. The number of aliphatic hydroxyl groups is 9. The van der Waals surface area contributed by atoms with Crippen molar-refractivity contribution in [3.63, 3.8) is 0 Å². The summed E-state index contributed by atoms with van der Waals surface area (Å²) in [6.45, 7) is 6.34. The molecular formula is C50H90N4O27. The fraction of sp³-hybridized carbons (Fsp3) is 0.920. The molecule has 4 heterocycles. The van der Waals surface area contributed by atoms with E-state index < -0.39 is 165 Å². The molecule has 0 aliphatic carbocycles. The first-order chi connectivity index (χ1) is 38.8. The van der Waals surface area contributed by atoms with Gasteiger partial charge in [-0.05, 0) is 26.7 Å². The highest BCUT2D eigenvalue weighted by atomic mass is 16.7. The largest absolute Gasteiger partial charge is 0.394 e. The second-order valence-electron chi connectivity index (χ2n) is 20.0. The lowest BCUT2D eigenvalue weighted by molar-refractivity contribution is -0.325. The smallest absolute Gasteiger partial charge is 0.252 e. The molecule has 4 aliphatic rings. The van der Waals surface area contributed by atoms with Gasteiger partial charge in [0.2, 0.25) is 17.7 Å². The van der Waals surface area contributed by atoms with Crippen LogP contribution in [0.5, 0.6) is 0 Å². The van der Waals surface area contributed by atoms with Crippen LogP contribution in [0.3, 0.4) is 0 Å². The van der Waals surface area contributed by atoms with Crippen LogP contribution in [0, 0.1) is 0 Å². The lowest BCUT2D eigenvalue weighted by Crippen LogP contribution is -2.68. The van der Waals surface area contributed by atoms with Crippen molar-refractivity contribution in [1.29, 1.82) is 0 Å². The Kier molecular flexibility index (Phi) is 32.5. The molecular weight excluding hydrogens is 1090 g/mol. The number of ether oxygens (including phenoxy) is 14. The minimum absolute atomic E-state index is 0.00605. The van der Waals surface area contributed by atoms with Crippen LogP contribution < -0.4 is 21.3 Å². The summed E-state index contributed by atoms with van der Waals surface area (Å²) in [5.41, 5.74) is 0. The normalized spacial score (nSPS) is 34.2. The van der Waals surface area contributed by atoms with Gasteiger partial charge in [-0.3, -0.25) is 19.2 Å². The third-order valence-corrected chi connectivity index (χ3v) is 13.6. The number of unbranched alkanes of at least 4 members (excludes halogenated alkanes) is 1. The van der Waals surface area contributed by atoms with Crippen molar-refractivity contribution in [1.82, 2.24) is 21.3 Å². The van der Waals surface area contributed by atoms with E-state index in [-0.39, 0.29) is 85.6 Å². The summed E-state index contributed by atoms with van der Waals surface area (Å²) in [5.74, 6) is -2.14. The summed E-state index contributed by atoms with van der Waals surface area (Å²) in [6.07, 6.45) is -22.0. The van der Waals surface area contributed by atoms with Gasteiger partial charge in [-0.2, -0.15) is 0 Å². The molecule has 0 radical (unpaired) electrons. The highest BCUT2D eigenvalue weighted by molar-refractivity contribution is 5.82. The van der Waals surface area contributed by atoms with E-state index in [1.807, 2.05) is 0 Å². The number of hydrogen-bond donors (Lipinski definition) is 13. The molecule has 4 fully saturated rings. The van der Waals surface area contributed by atoms with Crippen LogP contribution in [0.4, 0.5) is 0 Å². The molecule has 13 N–H and O–H groups in total. The Bertz CT molecular complexity index is 1800. The Balaban J connectivity index is 0.969. The topological polar surface area (TPSA) is 428 Å². The Hall–Kier alpha value is -3.04. The lowest BCUT2D eigenvalue weighted by Gasteiger charge is -2.47. The summed E-state index contributed by atoms with van der Waals surface area (Å²) < 4.78 is 78.3. The first-order valence-corrected chi connectivity index (χ1v) is 27.3. The van der Waals surface area contributed by atoms with E-state index in [4.69, 9.17) is 66.3 Å². The SMILES string of the molecule is CO[C@H]1CC(C(=O)NCCOCCOCC(O)COCCCCOCC(O)COCCOCCNC(=O)C2O[C@@H](O[C@@H]3C(NC(C)=O)[C@H](C)OC(CO)[C@H]3O)C(O)[C@@H](O)[C@@H]2OC)O[C@@H](O[C@@H]2C(NC(C)=O)[C@H](C)OC(CO)[C@H]2O)C1O. The maximum atomic E-state index is 13.2. The molecule has 21 atom stereocenters. The quantitative estimate of drug-likeness (QED) is 0.0257. The molecule has 0 aromatic rings. The highest BCUT2D eigenvalue weighted by Gasteiger charge is 2.53. The molecule has 4 aliphatic heterocycles. The van der Waals surface area contributed by atoms with Gasteiger partial charge in [0, 0.05) is 60.8 Å². The average molecular weight is 1180 g/mol. The van der Waals surface area contributed by atoms with Gasteiger partial charge < -0.3 is 134 Å². The zero-order chi connectivity index (χ0) is 59.6. The molecule has 10 unspecified atom stereocenters. The molecule has 31 nitrogen and oxygen atoms in total. The second kappa shape index (κ2) is 37.4. The predicted octanol–water partition coefficient (Wildman–Crippen LogP) is -7.17. The summed E-state index contributed by atoms with van der Waals surface area (Å²) in [4.78, 5) is 50.1. The van der Waals surface area contributed by atoms with Crippen LogP contribution in [0.25, 0.3) is 0 Å². The summed E-state index contributed by atoms with van der Waals surface area (Å²) in [7, 11) is 2.58. The van der Waals surface area contributed by atoms with Crippen LogP contribution >= 0.6 is 0 Å². The second-order valence-corrected chi connectivity index (χ2v) is 20.0. The Labute approximate surface area is 470 Å². The molecule has 0 saturated carbocycles. The minimum atomic E-state index is -1.73. The van der Waals surface area contributed by atoms with Gasteiger partial charge in [-0.1, -0.05) is 0 Å². The van der Waals surface area contributed by atoms with Crippen molar-refractivity contribution in [2.24, 2.45) is 0 Å². The van der Waals surface area contributed by atoms with Crippen LogP contribution in [0.2, 0.25) is 0 Å². The predicted molar refractivity (Wildman–Crippen MR) is 274 cm³/mol. The van der Waals surface area contributed by atoms with E-state index in [0.29, 0.717) is 26.1 Å². The van der Waals surface area contributed by atoms with Crippen molar-refractivity contribution >= 4 is 23.6 Å². The fourth-order valence-electron chi connectivity index (χ4n) is 9.37. The van der Waals surface area contributed by atoms with Crippen LogP contribution in [0.15, 0.2) is 0 Å². The Morgan fingerprint density at radius 1 is 0.519 bits per heavy atom. The fourth-order valence-corrected chi connectivity index (χ4v) is 9.37. The van der Waals surface area contributed by atoms with E-state index in [9.17, 15) is 65.1 Å². The summed E-state index contributed by atoms with van der Waals surface area (Å²) >= 11 is 0. The molecule has 0 bridgehead atoms. The molecule has 0 aromatic carbocycles. The lowest BCUT2D eigenvalue weighted by atomic mass is 9.92. The summed E-state index contributed by atoms with van der Waals surface area (Å²) in [5, 5.41) is 105. The van der Waals surface area contributed by atoms with Crippen LogP contribution in [-0.4, -0.2) is 318 Å². The van der Waals surface area contributed by atoms with Gasteiger partial charge in [-0.25, -0.2) is 0 Å². The summed E-state index contributed by atoms with van der Waals surface area (Å²) in [6, 6.07) is -1.82. The number of nitrogens with one attached hydrogen (secondary N) is 4. The Morgan fingerprint density at radius 2 is 0.951 bits per heavy atom. The van der Waals surface area contributed by atoms with E-state index in [0.717, 1.165) is 0 Å². The van der Waals surface area contributed by atoms with Crippen molar-refractivity contribution in [2.45, 2.75) is 175 Å². The van der Waals surface area contributed by atoms with Gasteiger partial charge in [0.25, 0.3) is 5.91 Å². The zero-order valence-electron chi connectivity index (χ0n) is 46.9. The number of carbonyl (C=O) groups excluding carboxylic acids is 4. The molecule has 472 valence electrons. The third-order valence-electron chi connectivity index (χ3n) is 13.6. The molecule has 0 aromatic heterocycles. The van der Waals surface area contributed by atoms with Crippen molar-refractivity contribution in [2.75, 3.05) is 120 Å². The van der Waals surface area contributed by atoms with Crippen molar-refractivity contribution < 1.29 is 131 Å². The molecule has 31 heteroatoms. The molecule has 4 rings (SSSR count). The number of amides is 4. The van der Waals surface area contributed by atoms with Gasteiger partial charge in [-0.15, -0.1) is 0 Å². The van der Waals surface area contributed by atoms with Gasteiger partial charge in [0.05, 0.1) is 110 Å². The molecule has 0 spiro atoms. The number of methoxy groups -OCH3 is 2.